The number of Topliss-reactive ketones (excluding diaryl/α,β-unsaturated/α-hetero) is 2. The fraction of sp³-hybridized carbons (Fsp3) is 0.429. The third-order valence-corrected chi connectivity index (χ3v) is 4.16. The molecule has 0 aromatic carbocycles. The average Bonchev–Trinajstić information content (AvgIpc) is 2.89. The van der Waals surface area contributed by atoms with Gasteiger partial charge in [-0.05, 0) is 25.0 Å². The molecular weight excluding hydrogens is 230 g/mol. The van der Waals surface area contributed by atoms with Crippen LogP contribution in [0.5, 0.6) is 0 Å². The molecule has 0 radical (unpaired) electrons. The molecule has 0 atom stereocenters. The largest absolute Gasteiger partial charge is 0.515 e. The maximum absolute atomic E-state index is 12.5. The van der Waals surface area contributed by atoms with Crippen LogP contribution in [0.2, 0.25) is 0 Å². The molecule has 3 rings (SSSR count). The lowest BCUT2D eigenvalue weighted by Crippen LogP contribution is -2.50. The highest BCUT2D eigenvalue weighted by Gasteiger charge is 2.49. The van der Waals surface area contributed by atoms with Crippen molar-refractivity contribution in [1.82, 2.24) is 4.57 Å². The van der Waals surface area contributed by atoms with Gasteiger partial charge in [0.05, 0.1) is 12.0 Å². The van der Waals surface area contributed by atoms with Crippen molar-refractivity contribution in [2.45, 2.75) is 37.6 Å². The first-order valence-electron chi connectivity index (χ1n) is 6.32. The van der Waals surface area contributed by atoms with Crippen molar-refractivity contribution < 1.29 is 14.7 Å². The Morgan fingerprint density at radius 1 is 1.22 bits per heavy atom. The molecule has 4 heteroatoms. The second kappa shape index (κ2) is 3.83. The first-order chi connectivity index (χ1) is 8.70. The van der Waals surface area contributed by atoms with Gasteiger partial charge >= 0.3 is 0 Å². The quantitative estimate of drug-likeness (QED) is 0.433. The van der Waals surface area contributed by atoms with E-state index in [0.717, 1.165) is 32.1 Å². The number of rotatable bonds is 0. The molecular formula is C14H15NO3. The summed E-state index contributed by atoms with van der Waals surface area (Å²) >= 11 is 0. The monoisotopic (exact) mass is 245 g/mol. The highest BCUT2D eigenvalue weighted by Crippen LogP contribution is 2.42. The summed E-state index contributed by atoms with van der Waals surface area (Å²) in [6.07, 6.45) is 7.07. The van der Waals surface area contributed by atoms with Gasteiger partial charge in [-0.25, -0.2) is 0 Å². The van der Waals surface area contributed by atoms with Crippen LogP contribution in [0.4, 0.5) is 0 Å². The summed E-state index contributed by atoms with van der Waals surface area (Å²) in [5, 5.41) is 9.20. The number of hydrogen-bond donors (Lipinski definition) is 1. The van der Waals surface area contributed by atoms with E-state index in [1.165, 1.54) is 0 Å². The molecule has 0 bridgehead atoms. The number of aliphatic hydroxyl groups excluding tert-OH is 1. The van der Waals surface area contributed by atoms with Crippen LogP contribution in [0.1, 0.15) is 42.6 Å². The van der Waals surface area contributed by atoms with Gasteiger partial charge < -0.3 is 9.67 Å². The zero-order chi connectivity index (χ0) is 12.8. The summed E-state index contributed by atoms with van der Waals surface area (Å²) in [5.41, 5.74) is -0.195. The van der Waals surface area contributed by atoms with Crippen LogP contribution in [0.25, 0.3) is 0 Å². The van der Waals surface area contributed by atoms with Gasteiger partial charge in [0.15, 0.2) is 5.78 Å². The van der Waals surface area contributed by atoms with Gasteiger partial charge in [-0.2, -0.15) is 0 Å². The number of allylic oxidation sites excluding steroid dienone is 1. The lowest BCUT2D eigenvalue weighted by molar-refractivity contribution is -0.125. The molecule has 0 saturated heterocycles. The zero-order valence-corrected chi connectivity index (χ0v) is 10.1. The molecule has 1 N–H and O–H groups in total. The minimum absolute atomic E-state index is 0.0666. The minimum Gasteiger partial charge on any atom is -0.515 e. The van der Waals surface area contributed by atoms with Crippen molar-refractivity contribution in [1.29, 1.82) is 0 Å². The average molecular weight is 245 g/mol. The first-order valence-corrected chi connectivity index (χ1v) is 6.32. The van der Waals surface area contributed by atoms with E-state index in [2.05, 4.69) is 0 Å². The third kappa shape index (κ3) is 1.26. The highest BCUT2D eigenvalue weighted by molar-refractivity contribution is 6.29. The summed E-state index contributed by atoms with van der Waals surface area (Å²) < 4.78 is 1.82. The molecule has 4 nitrogen and oxygen atoms in total. The number of aliphatic hydroxyl groups is 1. The summed E-state index contributed by atoms with van der Waals surface area (Å²) in [6, 6.07) is 3.51. The Hall–Kier alpha value is -1.84. The van der Waals surface area contributed by atoms with Crippen molar-refractivity contribution in [3.63, 3.8) is 0 Å². The maximum Gasteiger partial charge on any atom is 0.216 e. The van der Waals surface area contributed by atoms with Gasteiger partial charge in [0.2, 0.25) is 5.78 Å². The van der Waals surface area contributed by atoms with E-state index >= 15 is 0 Å². The van der Waals surface area contributed by atoms with Crippen molar-refractivity contribution in [3.8, 4) is 0 Å². The molecule has 1 aliphatic carbocycles. The predicted octanol–water partition coefficient (Wildman–Crippen LogP) is 2.35. The van der Waals surface area contributed by atoms with Crippen molar-refractivity contribution >= 4 is 11.6 Å². The van der Waals surface area contributed by atoms with Gasteiger partial charge in [-0.1, -0.05) is 19.3 Å². The fourth-order valence-corrected chi connectivity index (χ4v) is 3.26. The van der Waals surface area contributed by atoms with E-state index in [1.807, 2.05) is 10.8 Å². The normalized spacial score (nSPS) is 24.6. The number of fused-ring (bicyclic) bond motifs is 2. The third-order valence-electron chi connectivity index (χ3n) is 4.16. The van der Waals surface area contributed by atoms with E-state index in [-0.39, 0.29) is 17.1 Å². The van der Waals surface area contributed by atoms with Crippen LogP contribution in [-0.2, 0) is 10.3 Å². The van der Waals surface area contributed by atoms with E-state index in [4.69, 9.17) is 0 Å². The summed E-state index contributed by atoms with van der Waals surface area (Å²) in [6.45, 7) is 0. The Bertz CT molecular complexity index is 547. The molecule has 2 heterocycles. The number of carbonyl (C=O) groups excluding carboxylic acids is 2. The lowest BCUT2D eigenvalue weighted by Gasteiger charge is -2.41. The Morgan fingerprint density at radius 2 is 1.94 bits per heavy atom. The predicted molar refractivity (Wildman–Crippen MR) is 65.5 cm³/mol. The van der Waals surface area contributed by atoms with E-state index in [9.17, 15) is 14.7 Å². The van der Waals surface area contributed by atoms with Gasteiger partial charge in [-0.3, -0.25) is 9.59 Å². The number of carbonyl (C=O) groups is 2. The van der Waals surface area contributed by atoms with Gasteiger partial charge in [0.1, 0.15) is 11.1 Å². The van der Waals surface area contributed by atoms with Crippen molar-refractivity contribution in [2.24, 2.45) is 0 Å². The van der Waals surface area contributed by atoms with E-state index in [1.54, 1.807) is 12.1 Å². The Balaban J connectivity index is 2.23. The second-order valence-electron chi connectivity index (χ2n) is 5.06. The molecule has 0 amide bonds. The molecule has 1 aromatic rings. The zero-order valence-electron chi connectivity index (χ0n) is 10.1. The van der Waals surface area contributed by atoms with Gasteiger partial charge in [0, 0.05) is 6.20 Å². The van der Waals surface area contributed by atoms with Crippen LogP contribution >= 0.6 is 0 Å². The lowest BCUT2D eigenvalue weighted by atomic mass is 9.73. The Kier molecular flexibility index (Phi) is 2.40. The number of ketones is 2. The van der Waals surface area contributed by atoms with Gasteiger partial charge in [0.25, 0.3) is 0 Å². The van der Waals surface area contributed by atoms with Crippen LogP contribution in [-0.4, -0.2) is 21.2 Å². The highest BCUT2D eigenvalue weighted by atomic mass is 16.2. The first kappa shape index (κ1) is 11.3. The smallest absolute Gasteiger partial charge is 0.216 e. The topological polar surface area (TPSA) is 59.3 Å². The molecule has 1 fully saturated rings. The maximum atomic E-state index is 12.5. The van der Waals surface area contributed by atoms with Crippen molar-refractivity contribution in [3.05, 3.63) is 35.9 Å². The minimum atomic E-state index is -0.639. The van der Waals surface area contributed by atoms with E-state index < -0.39 is 5.54 Å². The summed E-state index contributed by atoms with van der Waals surface area (Å²) in [5.74, 6) is -0.595. The molecule has 94 valence electrons. The molecule has 2 aliphatic rings. The van der Waals surface area contributed by atoms with Crippen LogP contribution in [0, 0.1) is 0 Å². The fourth-order valence-electron chi connectivity index (χ4n) is 3.26. The molecule has 1 aromatic heterocycles. The molecule has 1 aliphatic heterocycles. The van der Waals surface area contributed by atoms with Crippen LogP contribution in [0.3, 0.4) is 0 Å². The SMILES string of the molecule is O=C1C(=CO)C(=O)C2(CCCCC2)n2cccc21. The standard InChI is InChI=1S/C14H15NO3/c16-9-10-12(17)11-5-4-8-15(11)14(13(10)18)6-2-1-3-7-14/h4-5,8-9,16H,1-3,6-7H2. The Morgan fingerprint density at radius 3 is 2.61 bits per heavy atom. The number of aromatic nitrogens is 1. The van der Waals surface area contributed by atoms with Gasteiger partial charge in [-0.15, -0.1) is 0 Å². The molecule has 0 unspecified atom stereocenters. The number of hydrogen-bond acceptors (Lipinski definition) is 3. The molecule has 18 heavy (non-hydrogen) atoms. The molecule has 1 spiro atoms. The van der Waals surface area contributed by atoms with E-state index in [0.29, 0.717) is 12.0 Å². The second-order valence-corrected chi connectivity index (χ2v) is 5.06. The molecule has 1 saturated carbocycles. The van der Waals surface area contributed by atoms with Crippen LogP contribution < -0.4 is 0 Å². The van der Waals surface area contributed by atoms with Crippen LogP contribution in [0.15, 0.2) is 30.2 Å². The number of nitrogens with zero attached hydrogens (tertiary/aromatic N) is 1. The summed E-state index contributed by atoms with van der Waals surface area (Å²) in [4.78, 5) is 24.6. The summed E-state index contributed by atoms with van der Waals surface area (Å²) in [7, 11) is 0. The Labute approximate surface area is 105 Å². The van der Waals surface area contributed by atoms with Crippen molar-refractivity contribution in [2.75, 3.05) is 0 Å².